The average molecular weight is 312 g/mol. The predicted molar refractivity (Wildman–Crippen MR) is 83.4 cm³/mol. The second-order valence-corrected chi connectivity index (χ2v) is 6.27. The van der Waals surface area contributed by atoms with Crippen molar-refractivity contribution in [1.29, 1.82) is 0 Å². The zero-order valence-corrected chi connectivity index (χ0v) is 12.7. The summed E-state index contributed by atoms with van der Waals surface area (Å²) in [5, 5.41) is 2.78. The fourth-order valence-electron chi connectivity index (χ4n) is 1.80. The quantitative estimate of drug-likeness (QED) is 0.841. The van der Waals surface area contributed by atoms with Crippen LogP contribution in [0.25, 0.3) is 0 Å². The van der Waals surface area contributed by atoms with Crippen molar-refractivity contribution in [2.75, 3.05) is 5.32 Å². The highest BCUT2D eigenvalue weighted by Gasteiger charge is 2.12. The van der Waals surface area contributed by atoms with Gasteiger partial charge in [0.1, 0.15) is 22.3 Å². The molecule has 0 aliphatic heterocycles. The molecule has 0 atom stereocenters. The minimum absolute atomic E-state index is 0.0288. The fraction of sp³-hybridized carbons (Fsp3) is 0.214. The minimum Gasteiger partial charge on any atom is -0.389 e. The molecule has 0 spiro atoms. The Morgan fingerprint density at radius 2 is 1.85 bits per heavy atom. The summed E-state index contributed by atoms with van der Waals surface area (Å²) in [4.78, 5) is 2.20. The van der Waals surface area contributed by atoms with Gasteiger partial charge in [0.05, 0.1) is 0 Å². The van der Waals surface area contributed by atoms with E-state index in [1.54, 1.807) is 11.3 Å². The van der Waals surface area contributed by atoms with Gasteiger partial charge >= 0.3 is 0 Å². The lowest BCUT2D eigenvalue weighted by Gasteiger charge is -2.09. The topological polar surface area (TPSA) is 38.0 Å². The maximum absolute atomic E-state index is 13.8. The molecule has 1 heterocycles. The molecule has 0 aliphatic carbocycles. The smallest absolute Gasteiger partial charge is 0.150 e. The second kappa shape index (κ2) is 5.85. The number of nitrogens with two attached hydrogens (primary N) is 1. The van der Waals surface area contributed by atoms with Crippen molar-refractivity contribution in [2.45, 2.75) is 20.4 Å². The van der Waals surface area contributed by atoms with E-state index < -0.39 is 11.6 Å². The highest BCUT2D eigenvalue weighted by Crippen LogP contribution is 2.24. The number of hydrogen-bond donors (Lipinski definition) is 2. The third-order valence-corrected chi connectivity index (χ3v) is 4.37. The van der Waals surface area contributed by atoms with E-state index in [0.29, 0.717) is 6.54 Å². The molecule has 20 heavy (non-hydrogen) atoms. The molecule has 2 nitrogen and oxygen atoms in total. The molecule has 0 unspecified atom stereocenters. The Balaban J connectivity index is 2.19. The van der Waals surface area contributed by atoms with Crippen molar-refractivity contribution in [3.63, 3.8) is 0 Å². The zero-order chi connectivity index (χ0) is 14.9. The molecular weight excluding hydrogens is 298 g/mol. The number of benzene rings is 1. The van der Waals surface area contributed by atoms with E-state index in [1.165, 1.54) is 10.4 Å². The van der Waals surface area contributed by atoms with Crippen LogP contribution in [-0.2, 0) is 6.54 Å². The van der Waals surface area contributed by atoms with Crippen molar-refractivity contribution in [2.24, 2.45) is 5.73 Å². The molecule has 0 radical (unpaired) electrons. The molecular formula is C14H14F2N2S2. The number of aryl methyl sites for hydroxylation is 2. The second-order valence-electron chi connectivity index (χ2n) is 4.48. The summed E-state index contributed by atoms with van der Waals surface area (Å²) in [5.41, 5.74) is 6.57. The van der Waals surface area contributed by atoms with Crippen LogP contribution in [0, 0.1) is 25.5 Å². The third kappa shape index (κ3) is 3.13. The lowest BCUT2D eigenvalue weighted by Crippen LogP contribution is -2.12. The summed E-state index contributed by atoms with van der Waals surface area (Å²) >= 11 is 6.31. The van der Waals surface area contributed by atoms with Gasteiger partial charge < -0.3 is 11.1 Å². The van der Waals surface area contributed by atoms with Gasteiger partial charge in [-0.05, 0) is 37.6 Å². The van der Waals surface area contributed by atoms with Crippen LogP contribution >= 0.6 is 23.6 Å². The molecule has 1 aromatic heterocycles. The van der Waals surface area contributed by atoms with Gasteiger partial charge in [0, 0.05) is 21.9 Å². The molecule has 0 saturated carbocycles. The molecule has 2 aromatic rings. The Labute approximate surface area is 125 Å². The van der Waals surface area contributed by atoms with Crippen molar-refractivity contribution in [3.05, 3.63) is 50.7 Å². The standard InChI is InChI=1S/C14H14F2N2S2/c1-7-3-10(20-8(7)2)6-18-13-11(15)4-9(14(17)19)5-12(13)16/h3-5,18H,6H2,1-2H3,(H2,17,19). The molecule has 0 saturated heterocycles. The van der Waals surface area contributed by atoms with E-state index in [-0.39, 0.29) is 16.2 Å². The number of rotatable bonds is 4. The van der Waals surface area contributed by atoms with Gasteiger partial charge in [-0.3, -0.25) is 0 Å². The Bertz CT molecular complexity index is 623. The summed E-state index contributed by atoms with van der Waals surface area (Å²) in [6.45, 7) is 4.40. The van der Waals surface area contributed by atoms with Crippen LogP contribution in [0.1, 0.15) is 20.9 Å². The van der Waals surface area contributed by atoms with E-state index in [1.807, 2.05) is 19.9 Å². The molecule has 0 fully saturated rings. The largest absolute Gasteiger partial charge is 0.389 e. The van der Waals surface area contributed by atoms with Crippen LogP contribution in [0.5, 0.6) is 0 Å². The zero-order valence-electron chi connectivity index (χ0n) is 11.1. The molecule has 1 aromatic carbocycles. The van der Waals surface area contributed by atoms with E-state index in [2.05, 4.69) is 5.32 Å². The van der Waals surface area contributed by atoms with Crippen molar-refractivity contribution < 1.29 is 8.78 Å². The number of halogens is 2. The number of hydrogen-bond acceptors (Lipinski definition) is 3. The van der Waals surface area contributed by atoms with Crippen molar-refractivity contribution in [1.82, 2.24) is 0 Å². The predicted octanol–water partition coefficient (Wildman–Crippen LogP) is 3.89. The summed E-state index contributed by atoms with van der Waals surface area (Å²) in [7, 11) is 0. The highest BCUT2D eigenvalue weighted by atomic mass is 32.1. The van der Waals surface area contributed by atoms with Crippen molar-refractivity contribution >= 4 is 34.2 Å². The molecule has 6 heteroatoms. The molecule has 2 rings (SSSR count). The van der Waals surface area contributed by atoms with Gasteiger partial charge in [-0.1, -0.05) is 12.2 Å². The van der Waals surface area contributed by atoms with Gasteiger partial charge in [0.2, 0.25) is 0 Å². The Hall–Kier alpha value is -1.53. The maximum atomic E-state index is 13.8. The average Bonchev–Trinajstić information content (AvgIpc) is 2.67. The maximum Gasteiger partial charge on any atom is 0.150 e. The van der Waals surface area contributed by atoms with E-state index >= 15 is 0 Å². The minimum atomic E-state index is -0.696. The van der Waals surface area contributed by atoms with Crippen LogP contribution in [0.2, 0.25) is 0 Å². The Kier molecular flexibility index (Phi) is 4.35. The van der Waals surface area contributed by atoms with Crippen LogP contribution in [0.4, 0.5) is 14.5 Å². The summed E-state index contributed by atoms with van der Waals surface area (Å²) in [6.07, 6.45) is 0. The lowest BCUT2D eigenvalue weighted by atomic mass is 10.2. The van der Waals surface area contributed by atoms with Gasteiger partial charge in [0.15, 0.2) is 0 Å². The molecule has 3 N–H and O–H groups in total. The highest BCUT2D eigenvalue weighted by molar-refractivity contribution is 7.80. The van der Waals surface area contributed by atoms with Crippen LogP contribution < -0.4 is 11.1 Å². The van der Waals surface area contributed by atoms with Gasteiger partial charge in [-0.2, -0.15) is 0 Å². The molecule has 0 amide bonds. The van der Waals surface area contributed by atoms with E-state index in [4.69, 9.17) is 18.0 Å². The Morgan fingerprint density at radius 3 is 2.30 bits per heavy atom. The lowest BCUT2D eigenvalue weighted by molar-refractivity contribution is 0.587. The first-order valence-electron chi connectivity index (χ1n) is 5.97. The van der Waals surface area contributed by atoms with E-state index in [9.17, 15) is 8.78 Å². The van der Waals surface area contributed by atoms with Gasteiger partial charge in [0.25, 0.3) is 0 Å². The number of anilines is 1. The normalized spacial score (nSPS) is 10.6. The van der Waals surface area contributed by atoms with Gasteiger partial charge in [-0.15, -0.1) is 11.3 Å². The summed E-state index contributed by atoms with van der Waals surface area (Å²) in [5.74, 6) is -1.39. The van der Waals surface area contributed by atoms with Crippen LogP contribution in [0.15, 0.2) is 18.2 Å². The van der Waals surface area contributed by atoms with Crippen LogP contribution in [-0.4, -0.2) is 4.99 Å². The number of nitrogens with one attached hydrogen (secondary N) is 1. The first-order valence-corrected chi connectivity index (χ1v) is 7.19. The molecule has 0 aliphatic rings. The number of thiophene rings is 1. The first kappa shape index (κ1) is 14.9. The Morgan fingerprint density at radius 1 is 1.25 bits per heavy atom. The SMILES string of the molecule is Cc1cc(CNc2c(F)cc(C(N)=S)cc2F)sc1C. The van der Waals surface area contributed by atoms with E-state index in [0.717, 1.165) is 17.0 Å². The summed E-state index contributed by atoms with van der Waals surface area (Å²) < 4.78 is 27.7. The molecule has 106 valence electrons. The molecule has 0 bridgehead atoms. The monoisotopic (exact) mass is 312 g/mol. The summed E-state index contributed by atoms with van der Waals surface area (Å²) in [6, 6.07) is 4.28. The fourth-order valence-corrected chi connectivity index (χ4v) is 2.91. The first-order chi connectivity index (χ1) is 9.38. The van der Waals surface area contributed by atoms with Crippen LogP contribution in [0.3, 0.4) is 0 Å². The third-order valence-electron chi connectivity index (χ3n) is 2.98. The van der Waals surface area contributed by atoms with Gasteiger partial charge in [-0.25, -0.2) is 8.78 Å². The number of thiocarbonyl (C=S) groups is 1. The van der Waals surface area contributed by atoms with Crippen molar-refractivity contribution in [3.8, 4) is 0 Å².